The van der Waals surface area contributed by atoms with Gasteiger partial charge >= 0.3 is 5.69 Å². The lowest BCUT2D eigenvalue weighted by Gasteiger charge is -2.42. The van der Waals surface area contributed by atoms with Crippen molar-refractivity contribution in [1.29, 1.82) is 0 Å². The van der Waals surface area contributed by atoms with Gasteiger partial charge in [0.15, 0.2) is 0 Å². The Labute approximate surface area is 117 Å². The molecule has 2 rings (SSSR count). The van der Waals surface area contributed by atoms with Gasteiger partial charge in [-0.05, 0) is 20.8 Å². The number of hydrogen-bond donors (Lipinski definition) is 1. The maximum Gasteiger partial charge on any atom is 0.353 e. The van der Waals surface area contributed by atoms with Gasteiger partial charge in [0.05, 0.1) is 4.92 Å². The van der Waals surface area contributed by atoms with E-state index in [1.54, 1.807) is 0 Å². The second-order valence-corrected chi connectivity index (χ2v) is 5.83. The number of hydrogen-bond acceptors (Lipinski definition) is 7. The lowest BCUT2D eigenvalue weighted by molar-refractivity contribution is -0.383. The minimum absolute atomic E-state index is 0.0850. The van der Waals surface area contributed by atoms with E-state index in [0.29, 0.717) is 18.9 Å². The molecule has 0 atom stereocenters. The van der Waals surface area contributed by atoms with Crippen molar-refractivity contribution in [3.05, 3.63) is 16.4 Å². The highest BCUT2D eigenvalue weighted by atomic mass is 16.6. The second-order valence-electron chi connectivity index (χ2n) is 5.83. The second kappa shape index (κ2) is 5.20. The lowest BCUT2D eigenvalue weighted by Crippen LogP contribution is -2.53. The highest BCUT2D eigenvalue weighted by Crippen LogP contribution is 2.30. The first-order valence-electron chi connectivity index (χ1n) is 6.55. The Morgan fingerprint density at radius 1 is 1.25 bits per heavy atom. The van der Waals surface area contributed by atoms with Crippen molar-refractivity contribution in [2.24, 2.45) is 0 Å². The van der Waals surface area contributed by atoms with E-state index >= 15 is 0 Å². The minimum Gasteiger partial charge on any atom is -0.378 e. The highest BCUT2D eigenvalue weighted by Gasteiger charge is 2.31. The van der Waals surface area contributed by atoms with Gasteiger partial charge < -0.3 is 10.6 Å². The molecule has 1 aromatic rings. The van der Waals surface area contributed by atoms with Crippen LogP contribution in [0.2, 0.25) is 0 Å². The summed E-state index contributed by atoms with van der Waals surface area (Å²) in [5.74, 6) is 0.231. The average Bonchev–Trinajstić information content (AvgIpc) is 2.37. The van der Waals surface area contributed by atoms with Gasteiger partial charge in [-0.25, -0.2) is 9.97 Å². The van der Waals surface area contributed by atoms with E-state index < -0.39 is 4.92 Å². The van der Waals surface area contributed by atoms with Crippen LogP contribution in [-0.2, 0) is 0 Å². The smallest absolute Gasteiger partial charge is 0.353 e. The minimum atomic E-state index is -0.513. The van der Waals surface area contributed by atoms with E-state index in [0.717, 1.165) is 13.1 Å². The molecule has 0 radical (unpaired) electrons. The molecular weight excluding hydrogens is 260 g/mol. The van der Waals surface area contributed by atoms with Crippen molar-refractivity contribution < 1.29 is 4.92 Å². The van der Waals surface area contributed by atoms with Crippen LogP contribution in [0.4, 0.5) is 17.3 Å². The largest absolute Gasteiger partial charge is 0.378 e. The van der Waals surface area contributed by atoms with E-state index in [1.165, 1.54) is 6.33 Å². The summed E-state index contributed by atoms with van der Waals surface area (Å²) in [4.78, 5) is 22.6. The molecule has 20 heavy (non-hydrogen) atoms. The third-order valence-electron chi connectivity index (χ3n) is 3.54. The zero-order valence-electron chi connectivity index (χ0n) is 12.0. The molecule has 8 nitrogen and oxygen atoms in total. The van der Waals surface area contributed by atoms with Crippen LogP contribution < -0.4 is 10.6 Å². The SMILES string of the molecule is CC(C)(C)N1CCN(c2ncnc(N)c2[N+](=O)[O-])CC1. The Balaban J connectivity index is 2.19. The molecule has 1 aliphatic rings. The maximum atomic E-state index is 11.1. The molecule has 8 heteroatoms. The quantitative estimate of drug-likeness (QED) is 0.634. The molecule has 1 saturated heterocycles. The fourth-order valence-electron chi connectivity index (χ4n) is 2.38. The number of anilines is 2. The van der Waals surface area contributed by atoms with Crippen LogP contribution in [0.15, 0.2) is 6.33 Å². The summed E-state index contributed by atoms with van der Waals surface area (Å²) in [7, 11) is 0. The van der Waals surface area contributed by atoms with Gasteiger partial charge in [-0.2, -0.15) is 0 Å². The maximum absolute atomic E-state index is 11.1. The molecule has 0 amide bonds. The van der Waals surface area contributed by atoms with Crippen LogP contribution in [0, 0.1) is 10.1 Å². The monoisotopic (exact) mass is 280 g/mol. The molecule has 0 aromatic carbocycles. The summed E-state index contributed by atoms with van der Waals surface area (Å²) in [6, 6.07) is 0. The molecular formula is C12H20N6O2. The van der Waals surface area contributed by atoms with Crippen LogP contribution in [-0.4, -0.2) is 51.5 Å². The zero-order valence-corrected chi connectivity index (χ0v) is 12.0. The van der Waals surface area contributed by atoms with Crippen molar-refractivity contribution in [2.75, 3.05) is 36.8 Å². The molecule has 0 aliphatic carbocycles. The van der Waals surface area contributed by atoms with Crippen LogP contribution in [0.3, 0.4) is 0 Å². The van der Waals surface area contributed by atoms with Crippen molar-refractivity contribution in [3.63, 3.8) is 0 Å². The Kier molecular flexibility index (Phi) is 3.76. The average molecular weight is 280 g/mol. The van der Waals surface area contributed by atoms with Gasteiger partial charge in [-0.3, -0.25) is 15.0 Å². The van der Waals surface area contributed by atoms with E-state index in [4.69, 9.17) is 5.73 Å². The third kappa shape index (κ3) is 2.79. The van der Waals surface area contributed by atoms with Crippen LogP contribution in [0.1, 0.15) is 20.8 Å². The van der Waals surface area contributed by atoms with E-state index in [-0.39, 0.29) is 17.0 Å². The molecule has 1 fully saturated rings. The molecule has 1 aromatic heterocycles. The Bertz CT molecular complexity index is 505. The number of rotatable bonds is 2. The van der Waals surface area contributed by atoms with E-state index in [2.05, 4.69) is 35.6 Å². The number of nitro groups is 1. The predicted octanol–water partition coefficient (Wildman–Crippen LogP) is 0.888. The number of aromatic nitrogens is 2. The van der Waals surface area contributed by atoms with Crippen LogP contribution in [0.25, 0.3) is 0 Å². The third-order valence-corrected chi connectivity index (χ3v) is 3.54. The molecule has 2 N–H and O–H groups in total. The topological polar surface area (TPSA) is 101 Å². The molecule has 0 unspecified atom stereocenters. The number of nitrogens with two attached hydrogens (primary N) is 1. The Morgan fingerprint density at radius 3 is 2.35 bits per heavy atom. The first-order valence-corrected chi connectivity index (χ1v) is 6.55. The van der Waals surface area contributed by atoms with Gasteiger partial charge in [0.2, 0.25) is 11.6 Å². The molecule has 0 bridgehead atoms. The van der Waals surface area contributed by atoms with Crippen LogP contribution in [0.5, 0.6) is 0 Å². The Hall–Kier alpha value is -1.96. The molecule has 0 saturated carbocycles. The number of piperazine rings is 1. The normalized spacial score (nSPS) is 17.2. The van der Waals surface area contributed by atoms with Gasteiger partial charge in [0.1, 0.15) is 6.33 Å². The number of nitrogen functional groups attached to an aromatic ring is 1. The van der Waals surface area contributed by atoms with Crippen LogP contribution >= 0.6 is 0 Å². The predicted molar refractivity (Wildman–Crippen MR) is 76.6 cm³/mol. The van der Waals surface area contributed by atoms with Gasteiger partial charge in [-0.1, -0.05) is 0 Å². The van der Waals surface area contributed by atoms with Crippen molar-refractivity contribution >= 4 is 17.3 Å². The Morgan fingerprint density at radius 2 is 1.85 bits per heavy atom. The summed E-state index contributed by atoms with van der Waals surface area (Å²) >= 11 is 0. The molecule has 0 spiro atoms. The fraction of sp³-hybridized carbons (Fsp3) is 0.667. The summed E-state index contributed by atoms with van der Waals surface area (Å²) in [5.41, 5.74) is 5.50. The summed E-state index contributed by atoms with van der Waals surface area (Å²) in [6.45, 7) is 9.54. The summed E-state index contributed by atoms with van der Waals surface area (Å²) < 4.78 is 0. The number of nitrogens with zero attached hydrogens (tertiary/aromatic N) is 5. The zero-order chi connectivity index (χ0) is 14.9. The van der Waals surface area contributed by atoms with E-state index in [9.17, 15) is 10.1 Å². The molecule has 1 aliphatic heterocycles. The summed E-state index contributed by atoms with van der Waals surface area (Å²) in [6.07, 6.45) is 1.27. The first-order chi connectivity index (χ1) is 9.30. The van der Waals surface area contributed by atoms with Crippen molar-refractivity contribution in [1.82, 2.24) is 14.9 Å². The van der Waals surface area contributed by atoms with Gasteiger partial charge in [0.25, 0.3) is 0 Å². The van der Waals surface area contributed by atoms with Crippen molar-refractivity contribution in [3.8, 4) is 0 Å². The van der Waals surface area contributed by atoms with Gasteiger partial charge in [0, 0.05) is 31.7 Å². The summed E-state index contributed by atoms with van der Waals surface area (Å²) in [5, 5.41) is 11.1. The first kappa shape index (κ1) is 14.4. The fourth-order valence-corrected chi connectivity index (χ4v) is 2.38. The molecule has 110 valence electrons. The highest BCUT2D eigenvalue weighted by molar-refractivity contribution is 5.68. The standard InChI is InChI=1S/C12H20N6O2/c1-12(2,3)17-6-4-16(5-7-17)11-9(18(19)20)10(13)14-8-15-11/h8H,4-7H2,1-3H3,(H2,13,14,15). The van der Waals surface area contributed by atoms with E-state index in [1.807, 2.05) is 4.90 Å². The van der Waals surface area contributed by atoms with Crippen molar-refractivity contribution in [2.45, 2.75) is 26.3 Å². The molecule has 2 heterocycles. The van der Waals surface area contributed by atoms with Gasteiger partial charge in [-0.15, -0.1) is 0 Å². The lowest BCUT2D eigenvalue weighted by atomic mass is 10.0.